The van der Waals surface area contributed by atoms with E-state index in [9.17, 15) is 4.39 Å². The fourth-order valence-electron chi connectivity index (χ4n) is 0.196. The van der Waals surface area contributed by atoms with Crippen molar-refractivity contribution in [2.24, 2.45) is 10.2 Å². The van der Waals surface area contributed by atoms with Gasteiger partial charge in [-0.1, -0.05) is 10.2 Å². The molecule has 0 fully saturated rings. The van der Waals surface area contributed by atoms with Crippen LogP contribution in [0, 0.1) is 0 Å². The summed E-state index contributed by atoms with van der Waals surface area (Å²) in [6, 6.07) is 0. The van der Waals surface area contributed by atoms with Crippen LogP contribution >= 0.6 is 0 Å². The van der Waals surface area contributed by atoms with Crippen molar-refractivity contribution in [2.45, 2.75) is 6.30 Å². The van der Waals surface area contributed by atoms with Crippen LogP contribution in [0.5, 0.6) is 0 Å². The van der Waals surface area contributed by atoms with Gasteiger partial charge in [0, 0.05) is 9.82 Å². The zero-order chi connectivity index (χ0) is 7.11. The highest BCUT2D eigenvalue weighted by atomic mass is 19.1. The molecule has 9 heavy (non-hydrogen) atoms. The van der Waals surface area contributed by atoms with Gasteiger partial charge in [-0.2, -0.15) is 0 Å². The number of hydrogen-bond donors (Lipinski definition) is 0. The molecule has 0 saturated carbocycles. The highest BCUT2D eigenvalue weighted by Crippen LogP contribution is 1.92. The molecule has 48 valence electrons. The maximum absolute atomic E-state index is 11.9. The van der Waals surface area contributed by atoms with E-state index in [4.69, 9.17) is 11.1 Å². The zero-order valence-corrected chi connectivity index (χ0v) is 4.35. The lowest BCUT2D eigenvalue weighted by Crippen LogP contribution is -1.96. The first-order chi connectivity index (χ1) is 4.31. The van der Waals surface area contributed by atoms with Crippen molar-refractivity contribution in [3.8, 4) is 0 Å². The summed E-state index contributed by atoms with van der Waals surface area (Å²) in [5.41, 5.74) is 15.3. The van der Waals surface area contributed by atoms with Gasteiger partial charge >= 0.3 is 0 Å². The molecular formula is C2H3FN6. The summed E-state index contributed by atoms with van der Waals surface area (Å²) in [6.45, 7) is -0.444. The Morgan fingerprint density at radius 3 is 2.56 bits per heavy atom. The van der Waals surface area contributed by atoms with Gasteiger partial charge in [0.05, 0.1) is 6.54 Å². The molecule has 6 nitrogen and oxygen atoms in total. The molecule has 0 aromatic heterocycles. The van der Waals surface area contributed by atoms with E-state index in [1.165, 1.54) is 0 Å². The van der Waals surface area contributed by atoms with Gasteiger partial charge in [-0.05, 0) is 11.1 Å². The van der Waals surface area contributed by atoms with E-state index >= 15 is 0 Å². The van der Waals surface area contributed by atoms with Crippen LogP contribution in [-0.2, 0) is 0 Å². The predicted molar refractivity (Wildman–Crippen MR) is 28.1 cm³/mol. The Labute approximate surface area is 49.5 Å². The Hall–Kier alpha value is -1.45. The summed E-state index contributed by atoms with van der Waals surface area (Å²) in [7, 11) is 0. The number of rotatable bonds is 3. The number of hydrogen-bond acceptors (Lipinski definition) is 2. The SMILES string of the molecule is [N-]=[N+]=NCC(F)N=[N+]=[N-]. The van der Waals surface area contributed by atoms with Crippen molar-refractivity contribution in [3.63, 3.8) is 0 Å². The highest BCUT2D eigenvalue weighted by molar-refractivity contribution is 4.57. The van der Waals surface area contributed by atoms with Gasteiger partial charge in [0.15, 0.2) is 6.30 Å². The first kappa shape index (κ1) is 7.55. The molecule has 0 aromatic carbocycles. The molecule has 1 unspecified atom stereocenters. The second-order valence-electron chi connectivity index (χ2n) is 1.05. The van der Waals surface area contributed by atoms with Crippen LogP contribution in [-0.4, -0.2) is 12.8 Å². The van der Waals surface area contributed by atoms with E-state index in [-0.39, 0.29) is 0 Å². The number of azide groups is 2. The van der Waals surface area contributed by atoms with Crippen molar-refractivity contribution in [1.29, 1.82) is 0 Å². The molecule has 0 bridgehead atoms. The molecule has 0 heterocycles. The molecular weight excluding hydrogens is 127 g/mol. The van der Waals surface area contributed by atoms with Crippen molar-refractivity contribution >= 4 is 0 Å². The molecule has 0 spiro atoms. The molecule has 0 aliphatic heterocycles. The van der Waals surface area contributed by atoms with Crippen molar-refractivity contribution in [3.05, 3.63) is 20.9 Å². The summed E-state index contributed by atoms with van der Waals surface area (Å²) in [6.07, 6.45) is -1.74. The second-order valence-corrected chi connectivity index (χ2v) is 1.05. The average Bonchev–Trinajstić information content (AvgIpc) is 1.85. The summed E-state index contributed by atoms with van der Waals surface area (Å²) in [5.74, 6) is 0. The molecule has 0 aromatic rings. The minimum atomic E-state index is -1.74. The second kappa shape index (κ2) is 4.70. The van der Waals surface area contributed by atoms with E-state index in [2.05, 4.69) is 20.1 Å². The van der Waals surface area contributed by atoms with Crippen LogP contribution in [0.3, 0.4) is 0 Å². The van der Waals surface area contributed by atoms with Crippen molar-refractivity contribution < 1.29 is 4.39 Å². The Bertz CT molecular complexity index is 164. The van der Waals surface area contributed by atoms with E-state index in [0.717, 1.165) is 0 Å². The zero-order valence-electron chi connectivity index (χ0n) is 4.35. The predicted octanol–water partition coefficient (Wildman–Crippen LogP) is 1.90. The molecule has 0 aliphatic rings. The maximum atomic E-state index is 11.9. The molecule has 0 N–H and O–H groups in total. The summed E-state index contributed by atoms with van der Waals surface area (Å²) in [5, 5.41) is 5.44. The van der Waals surface area contributed by atoms with Crippen molar-refractivity contribution in [2.75, 3.05) is 6.54 Å². The number of alkyl halides is 1. The molecule has 0 radical (unpaired) electrons. The van der Waals surface area contributed by atoms with Gasteiger partial charge in [-0.25, -0.2) is 4.39 Å². The molecule has 7 heteroatoms. The monoisotopic (exact) mass is 130 g/mol. The number of halogens is 1. The average molecular weight is 130 g/mol. The van der Waals surface area contributed by atoms with E-state index in [1.807, 2.05) is 0 Å². The lowest BCUT2D eigenvalue weighted by molar-refractivity contribution is 0.352. The first-order valence-electron chi connectivity index (χ1n) is 2.00. The van der Waals surface area contributed by atoms with Crippen LogP contribution in [0.25, 0.3) is 20.9 Å². The van der Waals surface area contributed by atoms with E-state index in [1.54, 1.807) is 0 Å². The minimum Gasteiger partial charge on any atom is -0.241 e. The van der Waals surface area contributed by atoms with Crippen molar-refractivity contribution in [1.82, 2.24) is 0 Å². The molecule has 0 saturated heterocycles. The maximum Gasteiger partial charge on any atom is 0.184 e. The normalized spacial score (nSPS) is 10.8. The number of nitrogens with zero attached hydrogens (tertiary/aromatic N) is 6. The first-order valence-corrected chi connectivity index (χ1v) is 2.00. The Kier molecular flexibility index (Phi) is 3.95. The highest BCUT2D eigenvalue weighted by Gasteiger charge is 1.97. The van der Waals surface area contributed by atoms with Crippen LogP contribution in [0.1, 0.15) is 0 Å². The van der Waals surface area contributed by atoms with Gasteiger partial charge in [0.1, 0.15) is 0 Å². The lowest BCUT2D eigenvalue weighted by Gasteiger charge is -1.88. The third kappa shape index (κ3) is 4.40. The Balaban J connectivity index is 3.62. The third-order valence-corrected chi connectivity index (χ3v) is 0.472. The van der Waals surface area contributed by atoms with Gasteiger partial charge in [0.2, 0.25) is 0 Å². The van der Waals surface area contributed by atoms with Crippen LogP contribution < -0.4 is 0 Å². The van der Waals surface area contributed by atoms with Gasteiger partial charge < -0.3 is 0 Å². The van der Waals surface area contributed by atoms with Gasteiger partial charge in [-0.3, -0.25) is 0 Å². The summed E-state index contributed by atoms with van der Waals surface area (Å²) < 4.78 is 11.9. The van der Waals surface area contributed by atoms with Gasteiger partial charge in [-0.15, -0.1) is 0 Å². The summed E-state index contributed by atoms with van der Waals surface area (Å²) in [4.78, 5) is 4.41. The lowest BCUT2D eigenvalue weighted by atomic mass is 10.6. The molecule has 1 atom stereocenters. The van der Waals surface area contributed by atoms with Crippen LogP contribution in [0.2, 0.25) is 0 Å². The quantitative estimate of drug-likeness (QED) is 0.241. The topological polar surface area (TPSA) is 97.5 Å². The Morgan fingerprint density at radius 1 is 1.44 bits per heavy atom. The molecule has 0 aliphatic carbocycles. The smallest absolute Gasteiger partial charge is 0.184 e. The fourth-order valence-corrected chi connectivity index (χ4v) is 0.196. The largest absolute Gasteiger partial charge is 0.241 e. The van der Waals surface area contributed by atoms with E-state index in [0.29, 0.717) is 0 Å². The third-order valence-electron chi connectivity index (χ3n) is 0.472. The van der Waals surface area contributed by atoms with Crippen LogP contribution in [0.4, 0.5) is 4.39 Å². The fraction of sp³-hybridized carbons (Fsp3) is 1.00. The molecule has 0 rings (SSSR count). The Morgan fingerprint density at radius 2 is 2.11 bits per heavy atom. The molecule has 0 amide bonds. The van der Waals surface area contributed by atoms with Crippen LogP contribution in [0.15, 0.2) is 10.2 Å². The summed E-state index contributed by atoms with van der Waals surface area (Å²) >= 11 is 0. The van der Waals surface area contributed by atoms with E-state index < -0.39 is 12.8 Å². The standard InChI is InChI=1S/C2H3FN6/c3-2(7-9-5)1-6-8-4/h2H,1H2. The van der Waals surface area contributed by atoms with Gasteiger partial charge in [0.25, 0.3) is 0 Å². The minimum absolute atomic E-state index is 0.444.